The first-order valence-electron chi connectivity index (χ1n) is 5.28. The smallest absolute Gasteiger partial charge is 0.303 e. The van der Waals surface area contributed by atoms with Gasteiger partial charge in [0, 0.05) is 23.9 Å². The summed E-state index contributed by atoms with van der Waals surface area (Å²) in [6.45, 7) is 2.37. The van der Waals surface area contributed by atoms with Crippen LogP contribution in [0.25, 0.3) is 11.4 Å². The average Bonchev–Trinajstić information content (AvgIpc) is 2.85. The van der Waals surface area contributed by atoms with E-state index in [2.05, 4.69) is 38.1 Å². The molecular weight excluding hydrogens is 367 g/mol. The van der Waals surface area contributed by atoms with E-state index in [1.54, 1.807) is 16.0 Å². The van der Waals surface area contributed by atoms with E-state index in [4.69, 9.17) is 5.11 Å². The van der Waals surface area contributed by atoms with Gasteiger partial charge in [0.25, 0.3) is 0 Å². The molecule has 0 amide bonds. The van der Waals surface area contributed by atoms with Crippen molar-refractivity contribution < 1.29 is 9.90 Å². The number of thiophene rings is 1. The molecule has 2 aromatic heterocycles. The lowest BCUT2D eigenvalue weighted by Crippen LogP contribution is -2.14. The SMILES string of the molecule is CC(CC(=O)O)Cn1nnnc1-c1csc(I)c1. The first kappa shape index (κ1) is 13.4. The second-order valence-electron chi connectivity index (χ2n) is 4.03. The molecule has 1 unspecified atom stereocenters. The maximum absolute atomic E-state index is 10.6. The van der Waals surface area contributed by atoms with E-state index >= 15 is 0 Å². The molecule has 0 fully saturated rings. The average molecular weight is 378 g/mol. The number of carboxylic acid groups (broad SMARTS) is 1. The van der Waals surface area contributed by atoms with Crippen molar-refractivity contribution in [3.8, 4) is 11.4 Å². The fourth-order valence-electron chi connectivity index (χ4n) is 1.62. The summed E-state index contributed by atoms with van der Waals surface area (Å²) in [7, 11) is 0. The number of nitrogens with zero attached hydrogens (tertiary/aromatic N) is 4. The molecule has 18 heavy (non-hydrogen) atoms. The molecule has 0 spiro atoms. The molecule has 8 heteroatoms. The Morgan fingerprint density at radius 2 is 2.44 bits per heavy atom. The third-order valence-corrected chi connectivity index (χ3v) is 4.15. The van der Waals surface area contributed by atoms with Gasteiger partial charge in [-0.1, -0.05) is 6.92 Å². The molecule has 2 rings (SSSR count). The third-order valence-electron chi connectivity index (χ3n) is 2.37. The molecule has 96 valence electrons. The van der Waals surface area contributed by atoms with Crippen molar-refractivity contribution in [2.24, 2.45) is 5.92 Å². The number of hydrogen-bond donors (Lipinski definition) is 1. The van der Waals surface area contributed by atoms with Crippen LogP contribution in [0.5, 0.6) is 0 Å². The van der Waals surface area contributed by atoms with Gasteiger partial charge in [0.15, 0.2) is 5.82 Å². The minimum atomic E-state index is -0.804. The standard InChI is InChI=1S/C10H11IN4O2S/c1-6(2-9(16)17)4-15-10(12-13-14-15)7-3-8(11)18-5-7/h3,5-6H,2,4H2,1H3,(H,16,17). The van der Waals surface area contributed by atoms with Crippen LogP contribution in [0.4, 0.5) is 0 Å². The zero-order valence-corrected chi connectivity index (χ0v) is 12.6. The molecule has 0 aliphatic heterocycles. The van der Waals surface area contributed by atoms with Gasteiger partial charge in [-0.25, -0.2) is 4.68 Å². The molecule has 0 radical (unpaired) electrons. The monoisotopic (exact) mass is 378 g/mol. The summed E-state index contributed by atoms with van der Waals surface area (Å²) in [5, 5.41) is 22.3. The number of aromatic nitrogens is 4. The van der Waals surface area contributed by atoms with Crippen molar-refractivity contribution in [1.82, 2.24) is 20.2 Å². The molecule has 0 aromatic carbocycles. The van der Waals surface area contributed by atoms with Crippen LogP contribution in [0.3, 0.4) is 0 Å². The second-order valence-corrected chi connectivity index (χ2v) is 6.83. The van der Waals surface area contributed by atoms with Crippen LogP contribution in [-0.2, 0) is 11.3 Å². The summed E-state index contributed by atoms with van der Waals surface area (Å²) < 4.78 is 2.82. The third kappa shape index (κ3) is 3.25. The molecule has 0 bridgehead atoms. The summed E-state index contributed by atoms with van der Waals surface area (Å²) in [5.74, 6) is -0.129. The van der Waals surface area contributed by atoms with Crippen molar-refractivity contribution >= 4 is 39.9 Å². The van der Waals surface area contributed by atoms with Crippen LogP contribution in [0.1, 0.15) is 13.3 Å². The van der Waals surface area contributed by atoms with Gasteiger partial charge in [0.1, 0.15) is 0 Å². The number of tetrazole rings is 1. The maximum Gasteiger partial charge on any atom is 0.303 e. The van der Waals surface area contributed by atoms with Crippen molar-refractivity contribution in [1.29, 1.82) is 0 Å². The zero-order chi connectivity index (χ0) is 13.1. The van der Waals surface area contributed by atoms with Gasteiger partial charge in [-0.05, 0) is 45.0 Å². The number of hydrogen-bond acceptors (Lipinski definition) is 5. The van der Waals surface area contributed by atoms with E-state index < -0.39 is 5.97 Å². The van der Waals surface area contributed by atoms with Crippen molar-refractivity contribution in [2.45, 2.75) is 19.9 Å². The Morgan fingerprint density at radius 3 is 3.06 bits per heavy atom. The maximum atomic E-state index is 10.6. The summed E-state index contributed by atoms with van der Waals surface area (Å²) >= 11 is 3.87. The Kier molecular flexibility index (Phi) is 4.27. The van der Waals surface area contributed by atoms with E-state index in [1.807, 2.05) is 18.4 Å². The Morgan fingerprint density at radius 1 is 1.67 bits per heavy atom. The van der Waals surface area contributed by atoms with Gasteiger partial charge in [0.05, 0.1) is 2.88 Å². The summed E-state index contributed by atoms with van der Waals surface area (Å²) in [6.07, 6.45) is 0.112. The van der Waals surface area contributed by atoms with Crippen molar-refractivity contribution in [2.75, 3.05) is 0 Å². The second kappa shape index (κ2) is 5.74. The van der Waals surface area contributed by atoms with Gasteiger partial charge in [-0.3, -0.25) is 4.79 Å². The number of aliphatic carboxylic acids is 1. The highest BCUT2D eigenvalue weighted by Crippen LogP contribution is 2.25. The minimum absolute atomic E-state index is 0.0116. The van der Waals surface area contributed by atoms with Gasteiger partial charge < -0.3 is 5.11 Å². The van der Waals surface area contributed by atoms with Gasteiger partial charge in [0.2, 0.25) is 0 Å². The molecule has 0 saturated carbocycles. The highest BCUT2D eigenvalue weighted by Gasteiger charge is 2.15. The van der Waals surface area contributed by atoms with Crippen LogP contribution in [0.15, 0.2) is 11.4 Å². The first-order chi connectivity index (χ1) is 8.56. The molecule has 1 atom stereocenters. The Labute approximate surface area is 121 Å². The molecule has 0 aliphatic rings. The van der Waals surface area contributed by atoms with Crippen molar-refractivity contribution in [3.63, 3.8) is 0 Å². The summed E-state index contributed by atoms with van der Waals surface area (Å²) in [6, 6.07) is 2.01. The number of carbonyl (C=O) groups is 1. The van der Waals surface area contributed by atoms with Crippen LogP contribution in [0.2, 0.25) is 0 Å². The predicted octanol–water partition coefficient (Wildman–Crippen LogP) is 2.12. The molecule has 1 N–H and O–H groups in total. The lowest BCUT2D eigenvalue weighted by molar-refractivity contribution is -0.138. The molecule has 6 nitrogen and oxygen atoms in total. The van der Waals surface area contributed by atoms with E-state index in [1.165, 1.54) is 0 Å². The quantitative estimate of drug-likeness (QED) is 0.807. The fraction of sp³-hybridized carbons (Fsp3) is 0.400. The van der Waals surface area contributed by atoms with E-state index in [9.17, 15) is 4.79 Å². The van der Waals surface area contributed by atoms with Crippen LogP contribution in [-0.4, -0.2) is 31.3 Å². The minimum Gasteiger partial charge on any atom is -0.481 e. The normalized spacial score (nSPS) is 12.6. The van der Waals surface area contributed by atoms with Gasteiger partial charge in [-0.15, -0.1) is 16.4 Å². The lowest BCUT2D eigenvalue weighted by atomic mass is 10.1. The molecule has 2 heterocycles. The Hall–Kier alpha value is -1.03. The fourth-order valence-corrected chi connectivity index (χ4v) is 2.94. The van der Waals surface area contributed by atoms with Gasteiger partial charge >= 0.3 is 5.97 Å². The number of rotatable bonds is 5. The van der Waals surface area contributed by atoms with E-state index in [0.717, 1.165) is 8.45 Å². The highest BCUT2D eigenvalue weighted by molar-refractivity contribution is 14.1. The van der Waals surface area contributed by atoms with Crippen LogP contribution >= 0.6 is 33.9 Å². The molecule has 2 aromatic rings. The van der Waals surface area contributed by atoms with Crippen LogP contribution < -0.4 is 0 Å². The lowest BCUT2D eigenvalue weighted by Gasteiger charge is -2.09. The predicted molar refractivity (Wildman–Crippen MR) is 75.3 cm³/mol. The molecule has 0 aliphatic carbocycles. The Bertz CT molecular complexity index is 554. The molecular formula is C10H11IN4O2S. The summed E-state index contributed by atoms with van der Waals surface area (Å²) in [5.41, 5.74) is 0.969. The molecule has 0 saturated heterocycles. The Balaban J connectivity index is 2.15. The van der Waals surface area contributed by atoms with Crippen LogP contribution in [0, 0.1) is 8.80 Å². The van der Waals surface area contributed by atoms with E-state index in [0.29, 0.717) is 12.4 Å². The topological polar surface area (TPSA) is 80.9 Å². The van der Waals surface area contributed by atoms with Gasteiger partial charge in [-0.2, -0.15) is 0 Å². The zero-order valence-electron chi connectivity index (χ0n) is 9.58. The first-order valence-corrected chi connectivity index (χ1v) is 7.24. The number of carboxylic acids is 1. The van der Waals surface area contributed by atoms with E-state index in [-0.39, 0.29) is 12.3 Å². The number of halogens is 1. The summed E-state index contributed by atoms with van der Waals surface area (Å²) in [4.78, 5) is 10.6. The largest absolute Gasteiger partial charge is 0.481 e. The van der Waals surface area contributed by atoms with Crippen molar-refractivity contribution in [3.05, 3.63) is 14.3 Å². The highest BCUT2D eigenvalue weighted by atomic mass is 127.